The van der Waals surface area contributed by atoms with Crippen LogP contribution in [0.1, 0.15) is 34.3 Å². The molecule has 0 saturated carbocycles. The van der Waals surface area contributed by atoms with Gasteiger partial charge in [-0.25, -0.2) is 0 Å². The number of nitrogens with one attached hydrogen (secondary N) is 1. The van der Waals surface area contributed by atoms with Crippen molar-refractivity contribution in [2.75, 3.05) is 12.4 Å². The molecule has 26 heavy (non-hydrogen) atoms. The first-order valence-electron chi connectivity index (χ1n) is 7.85. The Hall–Kier alpha value is -2.83. The third-order valence-corrected chi connectivity index (χ3v) is 3.71. The number of halogens is 3. The smallest absolute Gasteiger partial charge is 0.416 e. The van der Waals surface area contributed by atoms with Crippen molar-refractivity contribution in [3.8, 4) is 5.75 Å². The number of aryl methyl sites for hydroxylation is 1. The van der Waals surface area contributed by atoms with Crippen molar-refractivity contribution in [2.24, 2.45) is 0 Å². The molecule has 0 aromatic heterocycles. The lowest BCUT2D eigenvalue weighted by atomic mass is 10.0. The molecule has 0 unspecified atom stereocenters. The van der Waals surface area contributed by atoms with Gasteiger partial charge in [-0.2, -0.15) is 13.2 Å². The summed E-state index contributed by atoms with van der Waals surface area (Å²) in [7, 11) is 1.45. The molecule has 138 valence electrons. The molecule has 2 rings (SSSR count). The van der Waals surface area contributed by atoms with Gasteiger partial charge in [-0.3, -0.25) is 9.59 Å². The van der Waals surface area contributed by atoms with E-state index in [2.05, 4.69) is 5.32 Å². The summed E-state index contributed by atoms with van der Waals surface area (Å²) in [6.07, 6.45) is -4.71. The molecule has 0 aliphatic rings. The van der Waals surface area contributed by atoms with Gasteiger partial charge >= 0.3 is 6.18 Å². The number of hydrogen-bond donors (Lipinski definition) is 1. The van der Waals surface area contributed by atoms with E-state index in [4.69, 9.17) is 4.74 Å². The van der Waals surface area contributed by atoms with Crippen molar-refractivity contribution in [3.05, 3.63) is 59.2 Å². The molecular weight excluding hydrogens is 347 g/mol. The van der Waals surface area contributed by atoms with Gasteiger partial charge in [-0.05, 0) is 37.3 Å². The van der Waals surface area contributed by atoms with Crippen molar-refractivity contribution in [2.45, 2.75) is 25.9 Å². The predicted octanol–water partition coefficient (Wildman–Crippen LogP) is 4.62. The second kappa shape index (κ2) is 8.03. The maximum absolute atomic E-state index is 12.7. The Labute approximate surface area is 149 Å². The molecule has 0 bridgehead atoms. The lowest BCUT2D eigenvalue weighted by Crippen LogP contribution is -2.14. The monoisotopic (exact) mass is 365 g/mol. The summed E-state index contributed by atoms with van der Waals surface area (Å²) in [4.78, 5) is 24.3. The van der Waals surface area contributed by atoms with Gasteiger partial charge in [-0.15, -0.1) is 0 Å². The largest absolute Gasteiger partial charge is 0.496 e. The van der Waals surface area contributed by atoms with E-state index in [0.29, 0.717) is 11.3 Å². The number of hydrogen-bond acceptors (Lipinski definition) is 3. The highest BCUT2D eigenvalue weighted by atomic mass is 19.4. The van der Waals surface area contributed by atoms with Gasteiger partial charge in [0, 0.05) is 18.5 Å². The van der Waals surface area contributed by atoms with Crippen LogP contribution in [0.25, 0.3) is 0 Å². The highest BCUT2D eigenvalue weighted by Crippen LogP contribution is 2.30. The minimum Gasteiger partial charge on any atom is -0.496 e. The molecule has 7 heteroatoms. The van der Waals surface area contributed by atoms with Crippen LogP contribution in [0.5, 0.6) is 5.75 Å². The molecule has 0 radical (unpaired) electrons. The quantitative estimate of drug-likeness (QED) is 0.760. The highest BCUT2D eigenvalue weighted by Gasteiger charge is 2.30. The summed E-state index contributed by atoms with van der Waals surface area (Å²) in [5.74, 6) is -0.395. The average Bonchev–Trinajstić information content (AvgIpc) is 2.59. The van der Waals surface area contributed by atoms with Gasteiger partial charge < -0.3 is 10.1 Å². The van der Waals surface area contributed by atoms with E-state index in [1.807, 2.05) is 6.92 Å². The molecule has 0 spiro atoms. The summed E-state index contributed by atoms with van der Waals surface area (Å²) in [5.41, 5.74) is 0.434. The van der Waals surface area contributed by atoms with E-state index in [1.54, 1.807) is 18.2 Å². The van der Waals surface area contributed by atoms with Crippen molar-refractivity contribution >= 4 is 17.4 Å². The number of ketones is 1. The van der Waals surface area contributed by atoms with Crippen LogP contribution in [0.2, 0.25) is 0 Å². The first-order valence-corrected chi connectivity index (χ1v) is 7.85. The summed E-state index contributed by atoms with van der Waals surface area (Å²) in [5, 5.41) is 2.38. The molecule has 0 saturated heterocycles. The highest BCUT2D eigenvalue weighted by molar-refractivity contribution is 6.01. The Morgan fingerprint density at radius 3 is 2.46 bits per heavy atom. The Morgan fingerprint density at radius 1 is 1.08 bits per heavy atom. The molecule has 0 atom stereocenters. The maximum Gasteiger partial charge on any atom is 0.416 e. The number of Topliss-reactive ketones (excluding diaryl/α,β-unsaturated/α-hetero) is 1. The van der Waals surface area contributed by atoms with Crippen LogP contribution < -0.4 is 10.1 Å². The minimum atomic E-state index is -4.49. The first-order chi connectivity index (χ1) is 12.2. The number of carbonyl (C=O) groups is 2. The SMILES string of the molecule is COc1ccc(C)cc1C(=O)CCC(=O)Nc1cccc(C(F)(F)F)c1. The van der Waals surface area contributed by atoms with E-state index < -0.39 is 17.6 Å². The number of amides is 1. The van der Waals surface area contributed by atoms with Gasteiger partial charge in [0.1, 0.15) is 5.75 Å². The molecule has 0 aliphatic heterocycles. The second-order valence-corrected chi connectivity index (χ2v) is 5.75. The summed E-state index contributed by atoms with van der Waals surface area (Å²) >= 11 is 0. The lowest BCUT2D eigenvalue weighted by molar-refractivity contribution is -0.137. The number of anilines is 1. The second-order valence-electron chi connectivity index (χ2n) is 5.75. The summed E-state index contributed by atoms with van der Waals surface area (Å²) in [6.45, 7) is 1.83. The van der Waals surface area contributed by atoms with Gasteiger partial charge in [0.25, 0.3) is 0 Å². The molecule has 1 N–H and O–H groups in total. The third kappa shape index (κ3) is 5.08. The molecule has 0 fully saturated rings. The lowest BCUT2D eigenvalue weighted by Gasteiger charge is -2.10. The third-order valence-electron chi connectivity index (χ3n) is 3.71. The molecule has 2 aromatic carbocycles. The minimum absolute atomic E-state index is 0.0328. The summed E-state index contributed by atoms with van der Waals surface area (Å²) in [6, 6.07) is 9.49. The van der Waals surface area contributed by atoms with E-state index in [0.717, 1.165) is 17.7 Å². The van der Waals surface area contributed by atoms with Gasteiger partial charge in [0.15, 0.2) is 5.78 Å². The van der Waals surface area contributed by atoms with Crippen LogP contribution in [0.3, 0.4) is 0 Å². The number of carbonyl (C=O) groups excluding carboxylic acids is 2. The zero-order valence-electron chi connectivity index (χ0n) is 14.3. The van der Waals surface area contributed by atoms with Crippen molar-refractivity contribution in [1.29, 1.82) is 0 Å². The molecule has 1 amide bonds. The molecular formula is C19H18F3NO3. The Morgan fingerprint density at radius 2 is 1.81 bits per heavy atom. The van der Waals surface area contributed by atoms with Gasteiger partial charge in [0.2, 0.25) is 5.91 Å². The van der Waals surface area contributed by atoms with Crippen LogP contribution in [0, 0.1) is 6.92 Å². The van der Waals surface area contributed by atoms with Crippen molar-refractivity contribution in [1.82, 2.24) is 0 Å². The first kappa shape index (κ1) is 19.5. The fourth-order valence-corrected chi connectivity index (χ4v) is 2.40. The van der Waals surface area contributed by atoms with E-state index >= 15 is 0 Å². The standard InChI is InChI=1S/C19H18F3NO3/c1-12-6-8-17(26-2)15(10-12)16(24)7-9-18(25)23-14-5-3-4-13(11-14)19(20,21)22/h3-6,8,10-11H,7,9H2,1-2H3,(H,23,25). The molecule has 4 nitrogen and oxygen atoms in total. The van der Waals surface area contributed by atoms with E-state index in [9.17, 15) is 22.8 Å². The number of methoxy groups -OCH3 is 1. The Balaban J connectivity index is 1.99. The predicted molar refractivity (Wildman–Crippen MR) is 91.4 cm³/mol. The summed E-state index contributed by atoms with van der Waals surface area (Å²) < 4.78 is 43.2. The van der Waals surface area contributed by atoms with Gasteiger partial charge in [-0.1, -0.05) is 17.7 Å². The molecule has 2 aromatic rings. The molecule has 0 heterocycles. The topological polar surface area (TPSA) is 55.4 Å². The average molecular weight is 365 g/mol. The van der Waals surface area contributed by atoms with E-state index in [-0.39, 0.29) is 24.3 Å². The fourth-order valence-electron chi connectivity index (χ4n) is 2.40. The Kier molecular flexibility index (Phi) is 6.02. The number of benzene rings is 2. The van der Waals surface area contributed by atoms with Crippen LogP contribution in [0.4, 0.5) is 18.9 Å². The number of alkyl halides is 3. The number of ether oxygens (including phenoxy) is 1. The van der Waals surface area contributed by atoms with Crippen LogP contribution >= 0.6 is 0 Å². The normalized spacial score (nSPS) is 11.1. The fraction of sp³-hybridized carbons (Fsp3) is 0.263. The maximum atomic E-state index is 12.7. The zero-order chi connectivity index (χ0) is 19.3. The van der Waals surface area contributed by atoms with Crippen LogP contribution in [0.15, 0.2) is 42.5 Å². The van der Waals surface area contributed by atoms with Gasteiger partial charge in [0.05, 0.1) is 18.2 Å². The van der Waals surface area contributed by atoms with E-state index in [1.165, 1.54) is 19.2 Å². The Bertz CT molecular complexity index is 816. The van der Waals surface area contributed by atoms with Crippen LogP contribution in [-0.4, -0.2) is 18.8 Å². The number of rotatable bonds is 6. The van der Waals surface area contributed by atoms with Crippen molar-refractivity contribution < 1.29 is 27.5 Å². The van der Waals surface area contributed by atoms with Crippen molar-refractivity contribution in [3.63, 3.8) is 0 Å². The zero-order valence-corrected chi connectivity index (χ0v) is 14.3. The van der Waals surface area contributed by atoms with Crippen LogP contribution in [-0.2, 0) is 11.0 Å². The molecule has 0 aliphatic carbocycles.